The maximum absolute atomic E-state index is 6.10. The van der Waals surface area contributed by atoms with Gasteiger partial charge in [-0.2, -0.15) is 4.98 Å². The van der Waals surface area contributed by atoms with Crippen LogP contribution in [-0.2, 0) is 12.8 Å². The van der Waals surface area contributed by atoms with Crippen LogP contribution < -0.4 is 5.73 Å². The summed E-state index contributed by atoms with van der Waals surface area (Å²) >= 11 is 1.68. The summed E-state index contributed by atoms with van der Waals surface area (Å²) in [7, 11) is 0. The SMILES string of the molecule is Cc1noc(-c2c(N)sc3c2CCCCC3)n1. The summed E-state index contributed by atoms with van der Waals surface area (Å²) < 4.78 is 5.26. The minimum atomic E-state index is 0.583. The highest BCUT2D eigenvalue weighted by atomic mass is 32.1. The number of aryl methyl sites for hydroxylation is 2. The lowest BCUT2D eigenvalue weighted by Gasteiger charge is -2.00. The Kier molecular flexibility index (Phi) is 2.63. The van der Waals surface area contributed by atoms with Gasteiger partial charge in [0, 0.05) is 4.88 Å². The largest absolute Gasteiger partial charge is 0.390 e. The third-order valence-electron chi connectivity index (χ3n) is 3.19. The molecule has 4 nitrogen and oxygen atoms in total. The van der Waals surface area contributed by atoms with E-state index in [1.165, 1.54) is 29.7 Å². The van der Waals surface area contributed by atoms with Crippen LogP contribution in [0.25, 0.3) is 11.5 Å². The molecule has 17 heavy (non-hydrogen) atoms. The highest BCUT2D eigenvalue weighted by Gasteiger charge is 2.22. The molecule has 1 aliphatic carbocycles. The van der Waals surface area contributed by atoms with Crippen LogP contribution >= 0.6 is 11.3 Å². The molecule has 0 radical (unpaired) electrons. The van der Waals surface area contributed by atoms with E-state index in [2.05, 4.69) is 10.1 Å². The molecule has 90 valence electrons. The van der Waals surface area contributed by atoms with E-state index in [1.54, 1.807) is 11.3 Å². The lowest BCUT2D eigenvalue weighted by molar-refractivity contribution is 0.425. The summed E-state index contributed by atoms with van der Waals surface area (Å²) in [5.41, 5.74) is 8.44. The topological polar surface area (TPSA) is 64.9 Å². The standard InChI is InChI=1S/C12H15N3OS/c1-7-14-12(16-15-7)10-8-5-3-2-4-6-9(8)17-11(10)13/h2-6,13H2,1H3. The summed E-state index contributed by atoms with van der Waals surface area (Å²) in [6.07, 6.45) is 6.00. The second kappa shape index (κ2) is 4.14. The lowest BCUT2D eigenvalue weighted by Crippen LogP contribution is -1.91. The first-order valence-corrected chi connectivity index (χ1v) is 6.78. The van der Waals surface area contributed by atoms with Crippen LogP contribution in [0, 0.1) is 6.92 Å². The van der Waals surface area contributed by atoms with Gasteiger partial charge in [0.25, 0.3) is 5.89 Å². The average Bonchev–Trinajstić information content (AvgIpc) is 2.75. The summed E-state index contributed by atoms with van der Waals surface area (Å²) in [6.45, 7) is 1.83. The molecule has 2 aromatic rings. The Morgan fingerprint density at radius 3 is 2.82 bits per heavy atom. The predicted molar refractivity (Wildman–Crippen MR) is 68.0 cm³/mol. The quantitative estimate of drug-likeness (QED) is 0.789. The van der Waals surface area contributed by atoms with Crippen LogP contribution in [-0.4, -0.2) is 10.1 Å². The first-order chi connectivity index (χ1) is 8.25. The van der Waals surface area contributed by atoms with E-state index < -0.39 is 0 Å². The number of hydrogen-bond donors (Lipinski definition) is 1. The van der Waals surface area contributed by atoms with Gasteiger partial charge in [-0.25, -0.2) is 0 Å². The van der Waals surface area contributed by atoms with Gasteiger partial charge in [0.2, 0.25) is 0 Å². The summed E-state index contributed by atoms with van der Waals surface area (Å²) in [5, 5.41) is 4.67. The van der Waals surface area contributed by atoms with E-state index in [9.17, 15) is 0 Å². The van der Waals surface area contributed by atoms with Crippen molar-refractivity contribution in [3.05, 3.63) is 16.3 Å². The molecular formula is C12H15N3OS. The first kappa shape index (κ1) is 10.8. The molecule has 0 unspecified atom stereocenters. The number of anilines is 1. The number of fused-ring (bicyclic) bond motifs is 1. The van der Waals surface area contributed by atoms with E-state index in [-0.39, 0.29) is 0 Å². The summed E-state index contributed by atoms with van der Waals surface area (Å²) in [5.74, 6) is 1.24. The molecule has 2 aromatic heterocycles. The molecular weight excluding hydrogens is 234 g/mol. The lowest BCUT2D eigenvalue weighted by atomic mass is 10.1. The normalized spacial score (nSPS) is 15.6. The molecule has 5 heteroatoms. The average molecular weight is 249 g/mol. The van der Waals surface area contributed by atoms with Gasteiger partial charge in [-0.1, -0.05) is 11.6 Å². The first-order valence-electron chi connectivity index (χ1n) is 5.96. The van der Waals surface area contributed by atoms with Crippen LogP contribution in [0.5, 0.6) is 0 Å². The fourth-order valence-electron chi connectivity index (χ4n) is 2.40. The molecule has 0 saturated carbocycles. The molecule has 0 fully saturated rings. The Labute approximate surface area is 104 Å². The van der Waals surface area contributed by atoms with Crippen molar-refractivity contribution in [3.8, 4) is 11.5 Å². The zero-order chi connectivity index (χ0) is 11.8. The smallest absolute Gasteiger partial charge is 0.261 e. The number of aromatic nitrogens is 2. The van der Waals surface area contributed by atoms with Gasteiger partial charge in [-0.05, 0) is 38.2 Å². The van der Waals surface area contributed by atoms with Crippen molar-refractivity contribution in [3.63, 3.8) is 0 Å². The van der Waals surface area contributed by atoms with Crippen molar-refractivity contribution in [2.24, 2.45) is 0 Å². The molecule has 2 heterocycles. The van der Waals surface area contributed by atoms with Crippen molar-refractivity contribution in [1.82, 2.24) is 10.1 Å². The fourth-order valence-corrected chi connectivity index (χ4v) is 3.55. The zero-order valence-electron chi connectivity index (χ0n) is 9.82. The molecule has 1 aliphatic rings. The predicted octanol–water partition coefficient (Wildman–Crippen LogP) is 2.96. The van der Waals surface area contributed by atoms with Crippen LogP contribution in [0.3, 0.4) is 0 Å². The molecule has 0 aliphatic heterocycles. The van der Waals surface area contributed by atoms with Gasteiger partial charge in [-0.3, -0.25) is 0 Å². The van der Waals surface area contributed by atoms with Gasteiger partial charge in [0.15, 0.2) is 5.82 Å². The summed E-state index contributed by atoms with van der Waals surface area (Å²) in [4.78, 5) is 5.71. The molecule has 0 bridgehead atoms. The Morgan fingerprint density at radius 2 is 2.06 bits per heavy atom. The van der Waals surface area contributed by atoms with E-state index >= 15 is 0 Å². The van der Waals surface area contributed by atoms with E-state index in [1.807, 2.05) is 6.92 Å². The number of thiophene rings is 1. The monoisotopic (exact) mass is 249 g/mol. The van der Waals surface area contributed by atoms with Crippen LogP contribution in [0.4, 0.5) is 5.00 Å². The van der Waals surface area contributed by atoms with Crippen molar-refractivity contribution in [2.45, 2.75) is 39.0 Å². The molecule has 0 spiro atoms. The molecule has 0 atom stereocenters. The molecule has 3 rings (SSSR count). The maximum atomic E-state index is 6.10. The number of nitrogen functional groups attached to an aromatic ring is 1. The number of rotatable bonds is 1. The van der Waals surface area contributed by atoms with Crippen molar-refractivity contribution in [1.29, 1.82) is 0 Å². The van der Waals surface area contributed by atoms with Crippen molar-refractivity contribution >= 4 is 16.3 Å². The third kappa shape index (κ3) is 1.84. The highest BCUT2D eigenvalue weighted by Crippen LogP contribution is 2.41. The summed E-state index contributed by atoms with van der Waals surface area (Å²) in [6, 6.07) is 0. The number of nitrogens with two attached hydrogens (primary N) is 1. The van der Waals surface area contributed by atoms with Gasteiger partial charge < -0.3 is 10.3 Å². The minimum absolute atomic E-state index is 0.583. The third-order valence-corrected chi connectivity index (χ3v) is 4.31. The van der Waals surface area contributed by atoms with Crippen molar-refractivity contribution in [2.75, 3.05) is 5.73 Å². The van der Waals surface area contributed by atoms with Gasteiger partial charge in [0.05, 0.1) is 10.6 Å². The highest BCUT2D eigenvalue weighted by molar-refractivity contribution is 7.16. The Hall–Kier alpha value is -1.36. The van der Waals surface area contributed by atoms with Crippen LogP contribution in [0.2, 0.25) is 0 Å². The maximum Gasteiger partial charge on any atom is 0.261 e. The Bertz CT molecular complexity index is 544. The second-order valence-electron chi connectivity index (χ2n) is 4.45. The Morgan fingerprint density at radius 1 is 1.24 bits per heavy atom. The van der Waals surface area contributed by atoms with E-state index in [0.29, 0.717) is 11.7 Å². The second-order valence-corrected chi connectivity index (χ2v) is 5.59. The van der Waals surface area contributed by atoms with Crippen molar-refractivity contribution < 1.29 is 4.52 Å². The molecule has 0 amide bonds. The van der Waals surface area contributed by atoms with Crippen LogP contribution in [0.15, 0.2) is 4.52 Å². The van der Waals surface area contributed by atoms with E-state index in [0.717, 1.165) is 23.4 Å². The number of hydrogen-bond acceptors (Lipinski definition) is 5. The number of nitrogens with zero attached hydrogens (tertiary/aromatic N) is 2. The van der Waals surface area contributed by atoms with Gasteiger partial charge >= 0.3 is 0 Å². The molecule has 0 saturated heterocycles. The fraction of sp³-hybridized carbons (Fsp3) is 0.500. The minimum Gasteiger partial charge on any atom is -0.390 e. The van der Waals surface area contributed by atoms with E-state index in [4.69, 9.17) is 10.3 Å². The van der Waals surface area contributed by atoms with Gasteiger partial charge in [0.1, 0.15) is 0 Å². The Balaban J connectivity index is 2.12. The van der Waals surface area contributed by atoms with Crippen LogP contribution in [0.1, 0.15) is 35.5 Å². The zero-order valence-corrected chi connectivity index (χ0v) is 10.6. The molecule has 2 N–H and O–H groups in total. The molecule has 0 aromatic carbocycles. The van der Waals surface area contributed by atoms with Gasteiger partial charge in [-0.15, -0.1) is 11.3 Å².